The number of nitrogens with zero attached hydrogens (tertiary/aromatic N) is 1. The predicted octanol–water partition coefficient (Wildman–Crippen LogP) is 2.83. The van der Waals surface area contributed by atoms with Crippen molar-refractivity contribution in [2.24, 2.45) is 0 Å². The molecule has 1 amide bonds. The third-order valence-corrected chi connectivity index (χ3v) is 3.53. The molecule has 5 heteroatoms. The molecule has 0 atom stereocenters. The second-order valence-corrected chi connectivity index (χ2v) is 5.41. The van der Waals surface area contributed by atoms with Crippen molar-refractivity contribution in [3.8, 4) is 5.75 Å². The number of aromatic nitrogens is 1. The van der Waals surface area contributed by atoms with Gasteiger partial charge in [-0.2, -0.15) is 0 Å². The Hall–Kier alpha value is -2.01. The van der Waals surface area contributed by atoms with Gasteiger partial charge in [0.2, 0.25) is 0 Å². The molecule has 0 radical (unpaired) electrons. The third kappa shape index (κ3) is 3.74. The van der Waals surface area contributed by atoms with E-state index >= 15 is 0 Å². The molecule has 20 heavy (non-hydrogen) atoms. The zero-order valence-electron chi connectivity index (χ0n) is 11.2. The summed E-state index contributed by atoms with van der Waals surface area (Å²) in [5.41, 5.74) is 1.27. The highest BCUT2D eigenvalue weighted by molar-refractivity contribution is 7.99. The van der Waals surface area contributed by atoms with Crippen LogP contribution in [0.2, 0.25) is 0 Å². The van der Waals surface area contributed by atoms with E-state index in [2.05, 4.69) is 10.3 Å². The van der Waals surface area contributed by atoms with E-state index in [9.17, 15) is 9.90 Å². The number of phenolic OH excluding ortho intramolecular Hbond substituents is 1. The number of hydrogen-bond donors (Lipinski definition) is 2. The van der Waals surface area contributed by atoms with E-state index in [4.69, 9.17) is 0 Å². The number of para-hydroxylation sites is 1. The van der Waals surface area contributed by atoms with Crippen molar-refractivity contribution in [2.45, 2.75) is 18.5 Å². The minimum atomic E-state index is -0.173. The number of thioether (sulfide) groups is 1. The van der Waals surface area contributed by atoms with E-state index in [1.807, 2.05) is 13.0 Å². The summed E-state index contributed by atoms with van der Waals surface area (Å²) in [5, 5.41) is 13.3. The van der Waals surface area contributed by atoms with Gasteiger partial charge < -0.3 is 10.4 Å². The zero-order valence-corrected chi connectivity index (χ0v) is 12.0. The molecule has 0 saturated carbocycles. The molecule has 2 aromatic rings. The molecule has 0 aliphatic rings. The van der Waals surface area contributed by atoms with Crippen LogP contribution in [0.3, 0.4) is 0 Å². The van der Waals surface area contributed by atoms with Crippen molar-refractivity contribution < 1.29 is 9.90 Å². The quantitative estimate of drug-likeness (QED) is 0.831. The van der Waals surface area contributed by atoms with Crippen molar-refractivity contribution in [2.75, 3.05) is 5.75 Å². The third-order valence-electron chi connectivity index (χ3n) is 2.72. The van der Waals surface area contributed by atoms with Crippen molar-refractivity contribution in [3.05, 3.63) is 53.7 Å². The van der Waals surface area contributed by atoms with Gasteiger partial charge in [-0.25, -0.2) is 4.98 Å². The number of benzene rings is 1. The van der Waals surface area contributed by atoms with Gasteiger partial charge in [0, 0.05) is 23.9 Å². The van der Waals surface area contributed by atoms with E-state index < -0.39 is 0 Å². The topological polar surface area (TPSA) is 62.2 Å². The van der Waals surface area contributed by atoms with Gasteiger partial charge in [-0.1, -0.05) is 25.1 Å². The normalized spacial score (nSPS) is 10.2. The number of hydrogen-bond acceptors (Lipinski definition) is 4. The maximum absolute atomic E-state index is 12.1. The number of pyridine rings is 1. The minimum Gasteiger partial charge on any atom is -0.508 e. The van der Waals surface area contributed by atoms with Gasteiger partial charge in [0.05, 0.1) is 5.03 Å². The molecule has 2 N–H and O–H groups in total. The van der Waals surface area contributed by atoms with Crippen LogP contribution < -0.4 is 5.32 Å². The van der Waals surface area contributed by atoms with Crippen molar-refractivity contribution in [3.63, 3.8) is 0 Å². The van der Waals surface area contributed by atoms with Crippen LogP contribution in [0, 0.1) is 0 Å². The molecule has 1 aromatic carbocycles. The average Bonchev–Trinajstić information content (AvgIpc) is 2.47. The Morgan fingerprint density at radius 1 is 1.35 bits per heavy atom. The second-order valence-electron chi connectivity index (χ2n) is 4.13. The molecule has 0 unspecified atom stereocenters. The summed E-state index contributed by atoms with van der Waals surface area (Å²) in [4.78, 5) is 16.2. The fourth-order valence-electron chi connectivity index (χ4n) is 1.72. The number of carbonyl (C=O) groups excluding carboxylic acids is 1. The van der Waals surface area contributed by atoms with Crippen molar-refractivity contribution >= 4 is 17.7 Å². The van der Waals surface area contributed by atoms with Gasteiger partial charge >= 0.3 is 0 Å². The maximum atomic E-state index is 12.1. The van der Waals surface area contributed by atoms with E-state index in [1.165, 1.54) is 0 Å². The number of rotatable bonds is 5. The summed E-state index contributed by atoms with van der Waals surface area (Å²) >= 11 is 1.59. The number of amides is 1. The lowest BCUT2D eigenvalue weighted by Crippen LogP contribution is -2.22. The lowest BCUT2D eigenvalue weighted by atomic mass is 10.2. The first-order chi connectivity index (χ1) is 9.70. The molecule has 0 saturated heterocycles. The van der Waals surface area contributed by atoms with Gasteiger partial charge in [-0.05, 0) is 24.0 Å². The molecule has 0 aliphatic carbocycles. The minimum absolute atomic E-state index is 0.173. The molecule has 2 rings (SSSR count). The molecule has 104 valence electrons. The van der Waals surface area contributed by atoms with Crippen molar-refractivity contribution in [1.29, 1.82) is 0 Å². The monoisotopic (exact) mass is 288 g/mol. The summed E-state index contributed by atoms with van der Waals surface area (Å²) in [6.45, 7) is 2.33. The van der Waals surface area contributed by atoms with E-state index in [1.54, 1.807) is 48.3 Å². The summed E-state index contributed by atoms with van der Waals surface area (Å²) in [7, 11) is 0. The lowest BCUT2D eigenvalue weighted by molar-refractivity contribution is 0.0950. The summed E-state index contributed by atoms with van der Waals surface area (Å²) in [6, 6.07) is 10.4. The molecule has 4 nitrogen and oxygen atoms in total. The number of phenols is 1. The molecule has 0 aliphatic heterocycles. The van der Waals surface area contributed by atoms with E-state index in [0.29, 0.717) is 17.7 Å². The maximum Gasteiger partial charge on any atom is 0.251 e. The molecule has 1 heterocycles. The highest BCUT2D eigenvalue weighted by Gasteiger charge is 2.08. The highest BCUT2D eigenvalue weighted by atomic mass is 32.2. The fourth-order valence-corrected chi connectivity index (χ4v) is 2.36. The first kappa shape index (κ1) is 14.4. The first-order valence-corrected chi connectivity index (χ1v) is 7.33. The van der Waals surface area contributed by atoms with Crippen LogP contribution in [0.25, 0.3) is 0 Å². The van der Waals surface area contributed by atoms with Gasteiger partial charge in [0.15, 0.2) is 0 Å². The van der Waals surface area contributed by atoms with E-state index in [0.717, 1.165) is 10.8 Å². The van der Waals surface area contributed by atoms with E-state index in [-0.39, 0.29) is 11.7 Å². The lowest BCUT2D eigenvalue weighted by Gasteiger charge is -2.07. The highest BCUT2D eigenvalue weighted by Crippen LogP contribution is 2.17. The van der Waals surface area contributed by atoms with Crippen LogP contribution in [0.4, 0.5) is 0 Å². The standard InChI is InChI=1S/C15H16N2O2S/c1-2-20-14-9-11(7-8-16-14)15(19)17-10-12-5-3-4-6-13(12)18/h3-9,18H,2,10H2,1H3,(H,17,19). The zero-order chi connectivity index (χ0) is 14.4. The first-order valence-electron chi connectivity index (χ1n) is 6.34. The van der Waals surface area contributed by atoms with Gasteiger partial charge in [0.25, 0.3) is 5.91 Å². The average molecular weight is 288 g/mol. The summed E-state index contributed by atoms with van der Waals surface area (Å²) < 4.78 is 0. The van der Waals surface area contributed by atoms with Crippen LogP contribution >= 0.6 is 11.8 Å². The molecule has 0 spiro atoms. The Kier molecular flexibility index (Phi) is 5.01. The summed E-state index contributed by atoms with van der Waals surface area (Å²) in [6.07, 6.45) is 1.63. The second kappa shape index (κ2) is 6.96. The van der Waals surface area contributed by atoms with Crippen LogP contribution in [0.1, 0.15) is 22.8 Å². The van der Waals surface area contributed by atoms with Gasteiger partial charge in [-0.15, -0.1) is 11.8 Å². The van der Waals surface area contributed by atoms with Crippen LogP contribution in [0.15, 0.2) is 47.6 Å². The van der Waals surface area contributed by atoms with Crippen LogP contribution in [-0.2, 0) is 6.54 Å². The number of aromatic hydroxyl groups is 1. The molecule has 1 aromatic heterocycles. The largest absolute Gasteiger partial charge is 0.508 e. The Bertz CT molecular complexity index is 602. The van der Waals surface area contributed by atoms with Crippen molar-refractivity contribution in [1.82, 2.24) is 10.3 Å². The van der Waals surface area contributed by atoms with Gasteiger partial charge in [0.1, 0.15) is 5.75 Å². The Morgan fingerprint density at radius 3 is 2.90 bits per heavy atom. The Labute approximate surface area is 122 Å². The molecular weight excluding hydrogens is 272 g/mol. The summed E-state index contributed by atoms with van der Waals surface area (Å²) in [5.74, 6) is 0.925. The molecule has 0 bridgehead atoms. The Balaban J connectivity index is 2.01. The number of carbonyl (C=O) groups is 1. The smallest absolute Gasteiger partial charge is 0.251 e. The Morgan fingerprint density at radius 2 is 2.15 bits per heavy atom. The molecule has 0 fully saturated rings. The predicted molar refractivity (Wildman–Crippen MR) is 79.9 cm³/mol. The van der Waals surface area contributed by atoms with Crippen LogP contribution in [-0.4, -0.2) is 21.8 Å². The fraction of sp³-hybridized carbons (Fsp3) is 0.200. The SMILES string of the molecule is CCSc1cc(C(=O)NCc2ccccc2O)ccn1. The molecular formula is C15H16N2O2S. The number of nitrogens with one attached hydrogen (secondary N) is 1. The van der Waals surface area contributed by atoms with Gasteiger partial charge in [-0.3, -0.25) is 4.79 Å². The van der Waals surface area contributed by atoms with Crippen LogP contribution in [0.5, 0.6) is 5.75 Å².